The molecule has 0 spiro atoms. The number of thiophene rings is 1. The van der Waals surface area contributed by atoms with Crippen LogP contribution in [0.3, 0.4) is 0 Å². The second-order valence-corrected chi connectivity index (χ2v) is 11.1. The van der Waals surface area contributed by atoms with Crippen LogP contribution in [0.2, 0.25) is 5.02 Å². The van der Waals surface area contributed by atoms with Gasteiger partial charge in [-0.2, -0.15) is 5.26 Å². The van der Waals surface area contributed by atoms with Gasteiger partial charge in [-0.1, -0.05) is 25.4 Å². The summed E-state index contributed by atoms with van der Waals surface area (Å²) in [5, 5.41) is 21.5. The van der Waals surface area contributed by atoms with Crippen molar-refractivity contribution in [1.82, 2.24) is 0 Å². The molecule has 170 valence electrons. The average Bonchev–Trinajstić information content (AvgIpc) is 3.04. The third kappa shape index (κ3) is 3.81. The summed E-state index contributed by atoms with van der Waals surface area (Å²) < 4.78 is 0. The van der Waals surface area contributed by atoms with Crippen molar-refractivity contribution >= 4 is 40.1 Å². The number of Topliss-reactive ketones (excluding diaryl/α,β-unsaturated/α-hetero) is 1. The first-order valence-electron chi connectivity index (χ1n) is 10.4. The van der Waals surface area contributed by atoms with E-state index in [-0.39, 0.29) is 33.3 Å². The van der Waals surface area contributed by atoms with Crippen molar-refractivity contribution in [3.05, 3.63) is 77.4 Å². The highest BCUT2D eigenvalue weighted by Crippen LogP contribution is 2.52. The molecule has 1 aliphatic carbocycles. The lowest BCUT2D eigenvalue weighted by Crippen LogP contribution is -2.42. The van der Waals surface area contributed by atoms with Crippen molar-refractivity contribution in [2.75, 3.05) is 4.90 Å². The fourth-order valence-corrected chi connectivity index (χ4v) is 6.05. The predicted molar refractivity (Wildman–Crippen MR) is 129 cm³/mol. The van der Waals surface area contributed by atoms with Crippen molar-refractivity contribution in [2.45, 2.75) is 46.5 Å². The molecule has 1 aromatic carbocycles. The molecule has 1 atom stereocenters. The predicted octanol–water partition coefficient (Wildman–Crippen LogP) is 5.87. The third-order valence-corrected chi connectivity index (χ3v) is 7.44. The maximum absolute atomic E-state index is 13.5. The molecule has 4 rings (SSSR count). The first-order valence-corrected chi connectivity index (χ1v) is 11.6. The maximum Gasteiger partial charge on any atom is 0.271 e. The lowest BCUT2D eigenvalue weighted by Gasteiger charge is -2.44. The zero-order valence-corrected chi connectivity index (χ0v) is 20.3. The first-order chi connectivity index (χ1) is 15.4. The van der Waals surface area contributed by atoms with Gasteiger partial charge in [0.25, 0.3) is 5.69 Å². The summed E-state index contributed by atoms with van der Waals surface area (Å²) in [6.07, 6.45) is 0.893. The smallest absolute Gasteiger partial charge is 0.271 e. The molecule has 2 heterocycles. The number of non-ortho nitro benzene ring substituents is 1. The number of nitro groups is 1. The van der Waals surface area contributed by atoms with E-state index in [1.54, 1.807) is 16.2 Å². The van der Waals surface area contributed by atoms with E-state index in [4.69, 9.17) is 17.3 Å². The molecule has 33 heavy (non-hydrogen) atoms. The number of hydrogen-bond donors (Lipinski definition) is 1. The van der Waals surface area contributed by atoms with E-state index in [2.05, 4.69) is 6.07 Å². The summed E-state index contributed by atoms with van der Waals surface area (Å²) in [6, 6.07) is 8.37. The van der Waals surface area contributed by atoms with Crippen LogP contribution >= 0.6 is 22.9 Å². The Morgan fingerprint density at radius 1 is 1.30 bits per heavy atom. The molecule has 0 saturated heterocycles. The summed E-state index contributed by atoms with van der Waals surface area (Å²) in [4.78, 5) is 28.0. The number of anilines is 1. The Labute approximate surface area is 200 Å². The molecule has 2 aromatic rings. The van der Waals surface area contributed by atoms with Crippen LogP contribution in [0.5, 0.6) is 0 Å². The number of rotatable bonds is 3. The molecule has 0 saturated carbocycles. The van der Waals surface area contributed by atoms with Crippen LogP contribution in [0, 0.1) is 40.7 Å². The molecule has 1 aromatic heterocycles. The molecular weight excluding hydrogens is 460 g/mol. The highest BCUT2D eigenvalue weighted by Gasteiger charge is 2.45. The van der Waals surface area contributed by atoms with Gasteiger partial charge in [0.1, 0.15) is 5.82 Å². The van der Waals surface area contributed by atoms with Crippen molar-refractivity contribution in [2.24, 2.45) is 11.1 Å². The van der Waals surface area contributed by atoms with Crippen LogP contribution in [0.1, 0.15) is 47.9 Å². The number of hydrogen-bond acceptors (Lipinski definition) is 7. The van der Waals surface area contributed by atoms with E-state index in [0.717, 1.165) is 15.3 Å². The van der Waals surface area contributed by atoms with Crippen LogP contribution in [0.15, 0.2) is 46.9 Å². The van der Waals surface area contributed by atoms with E-state index in [9.17, 15) is 20.2 Å². The number of ketones is 1. The molecule has 0 unspecified atom stereocenters. The van der Waals surface area contributed by atoms with Crippen molar-refractivity contribution in [3.8, 4) is 6.07 Å². The quantitative estimate of drug-likeness (QED) is 0.432. The Kier molecular flexibility index (Phi) is 5.59. The number of benzene rings is 1. The first kappa shape index (κ1) is 23.0. The number of halogens is 1. The Hall–Kier alpha value is -3.15. The molecule has 2 N–H and O–H groups in total. The molecule has 0 radical (unpaired) electrons. The number of aryl methyl sites for hydroxylation is 2. The number of carbonyl (C=O) groups is 1. The highest BCUT2D eigenvalue weighted by molar-refractivity contribution is 7.12. The van der Waals surface area contributed by atoms with Gasteiger partial charge in [0.05, 0.1) is 33.2 Å². The Morgan fingerprint density at radius 2 is 2.00 bits per heavy atom. The lowest BCUT2D eigenvalue weighted by atomic mass is 9.68. The SMILES string of the molecule is Cc1cc([C@@H]2C(C#N)=C(N)N(c3ccc([N+](=O)[O-])cc3Cl)C3=C2C(=O)CC(C)(C)C3)c(C)s1. The minimum atomic E-state index is -0.549. The topological polar surface area (TPSA) is 113 Å². The van der Waals surface area contributed by atoms with Crippen LogP contribution in [-0.2, 0) is 4.79 Å². The minimum Gasteiger partial charge on any atom is -0.384 e. The molecule has 9 heteroatoms. The second-order valence-electron chi connectivity index (χ2n) is 9.24. The van der Waals surface area contributed by atoms with Gasteiger partial charge >= 0.3 is 0 Å². The highest BCUT2D eigenvalue weighted by atomic mass is 35.5. The van der Waals surface area contributed by atoms with Gasteiger partial charge < -0.3 is 5.73 Å². The van der Waals surface area contributed by atoms with E-state index in [1.807, 2.05) is 33.8 Å². The van der Waals surface area contributed by atoms with Gasteiger partial charge in [-0.3, -0.25) is 19.8 Å². The molecule has 2 aliphatic rings. The lowest BCUT2D eigenvalue weighted by molar-refractivity contribution is -0.384. The molecule has 7 nitrogen and oxygen atoms in total. The number of nitriles is 1. The van der Waals surface area contributed by atoms with Crippen LogP contribution in [-0.4, -0.2) is 10.7 Å². The van der Waals surface area contributed by atoms with Crippen LogP contribution < -0.4 is 10.6 Å². The van der Waals surface area contributed by atoms with Crippen molar-refractivity contribution in [3.63, 3.8) is 0 Å². The average molecular weight is 483 g/mol. The molecule has 0 amide bonds. The third-order valence-electron chi connectivity index (χ3n) is 6.15. The molecule has 1 aliphatic heterocycles. The van der Waals surface area contributed by atoms with E-state index in [0.29, 0.717) is 29.8 Å². The van der Waals surface area contributed by atoms with Gasteiger partial charge in [0.2, 0.25) is 0 Å². The summed E-state index contributed by atoms with van der Waals surface area (Å²) in [5.41, 5.74) is 8.96. The minimum absolute atomic E-state index is 0.0298. The normalized spacial score (nSPS) is 20.1. The largest absolute Gasteiger partial charge is 0.384 e. The van der Waals surface area contributed by atoms with Gasteiger partial charge in [-0.15, -0.1) is 11.3 Å². The number of carbonyl (C=O) groups excluding carboxylic acids is 1. The fourth-order valence-electron chi connectivity index (χ4n) is 4.82. The number of allylic oxidation sites excluding steroid dienone is 3. The second kappa shape index (κ2) is 8.01. The van der Waals surface area contributed by atoms with E-state index >= 15 is 0 Å². The van der Waals surface area contributed by atoms with Gasteiger partial charge in [-0.05, 0) is 43.4 Å². The van der Waals surface area contributed by atoms with E-state index < -0.39 is 10.8 Å². The van der Waals surface area contributed by atoms with Crippen molar-refractivity contribution < 1.29 is 9.72 Å². The van der Waals surface area contributed by atoms with Gasteiger partial charge in [0.15, 0.2) is 5.78 Å². The van der Waals surface area contributed by atoms with Gasteiger partial charge in [0, 0.05) is 39.6 Å². The fraction of sp³-hybridized carbons (Fsp3) is 0.333. The molecular formula is C24H23ClN4O3S. The van der Waals surface area contributed by atoms with Gasteiger partial charge in [-0.25, -0.2) is 0 Å². The van der Waals surface area contributed by atoms with Crippen LogP contribution in [0.4, 0.5) is 11.4 Å². The number of nitrogens with two attached hydrogens (primary N) is 1. The number of nitrogens with zero attached hydrogens (tertiary/aromatic N) is 3. The van der Waals surface area contributed by atoms with Crippen LogP contribution in [0.25, 0.3) is 0 Å². The Balaban J connectivity index is 2.02. The Bertz CT molecular complexity index is 1320. The zero-order valence-electron chi connectivity index (χ0n) is 18.7. The number of nitro benzene ring substituents is 1. The standard InChI is InChI=1S/C24H23ClN4O3S/c1-12-7-15(13(2)33-12)21-16(11-26)23(27)28(18-6-5-14(29(31)32)8-17(18)25)19-9-24(3,4)10-20(30)22(19)21/h5-8,21H,9-10,27H2,1-4H3/t21-/m1/s1. The summed E-state index contributed by atoms with van der Waals surface area (Å²) >= 11 is 8.09. The summed E-state index contributed by atoms with van der Waals surface area (Å²) in [7, 11) is 0. The molecule has 0 bridgehead atoms. The van der Waals surface area contributed by atoms with E-state index in [1.165, 1.54) is 18.2 Å². The summed E-state index contributed by atoms with van der Waals surface area (Å²) in [5.74, 6) is -0.393. The Morgan fingerprint density at radius 3 is 2.55 bits per heavy atom. The van der Waals surface area contributed by atoms with Crippen molar-refractivity contribution in [1.29, 1.82) is 5.26 Å². The molecule has 0 fully saturated rings. The maximum atomic E-state index is 13.5. The summed E-state index contributed by atoms with van der Waals surface area (Å²) in [6.45, 7) is 8.00. The zero-order chi connectivity index (χ0) is 24.2. The monoisotopic (exact) mass is 482 g/mol.